The molecule has 3 heteroatoms. The Bertz CT molecular complexity index is 855. The normalized spacial score (nSPS) is 18.3. The number of hydrogen-bond donors (Lipinski definition) is 0. The van der Waals surface area contributed by atoms with Gasteiger partial charge in [-0.3, -0.25) is 0 Å². The highest BCUT2D eigenvalue weighted by atomic mass is 32.1. The predicted octanol–water partition coefficient (Wildman–Crippen LogP) is 6.62. The fourth-order valence-corrected chi connectivity index (χ4v) is 4.41. The van der Waals surface area contributed by atoms with Crippen molar-refractivity contribution in [1.29, 1.82) is 0 Å². The van der Waals surface area contributed by atoms with Gasteiger partial charge in [-0.05, 0) is 76.8 Å². The second-order valence-corrected chi connectivity index (χ2v) is 9.61. The van der Waals surface area contributed by atoms with E-state index in [9.17, 15) is 4.79 Å². The van der Waals surface area contributed by atoms with Crippen LogP contribution in [-0.4, -0.2) is 5.97 Å². The first-order valence-electron chi connectivity index (χ1n) is 9.19. The van der Waals surface area contributed by atoms with E-state index in [2.05, 4.69) is 46.8 Å². The summed E-state index contributed by atoms with van der Waals surface area (Å²) in [7, 11) is 0. The van der Waals surface area contributed by atoms with E-state index in [4.69, 9.17) is 4.74 Å². The van der Waals surface area contributed by atoms with Crippen LogP contribution in [0, 0.1) is 6.92 Å². The Morgan fingerprint density at radius 1 is 1.12 bits per heavy atom. The summed E-state index contributed by atoms with van der Waals surface area (Å²) in [6.45, 7) is 13.5. The molecular weight excluding hydrogens is 340 g/mol. The van der Waals surface area contributed by atoms with Crippen LogP contribution in [0.5, 0.6) is 0 Å². The fraction of sp³-hybridized carbons (Fsp3) is 0.435. The van der Waals surface area contributed by atoms with Crippen LogP contribution in [0.3, 0.4) is 0 Å². The van der Waals surface area contributed by atoms with Gasteiger partial charge in [-0.1, -0.05) is 45.9 Å². The summed E-state index contributed by atoms with van der Waals surface area (Å²) >= 11 is 1.40. The van der Waals surface area contributed by atoms with E-state index in [0.29, 0.717) is 4.88 Å². The molecule has 1 aromatic carbocycles. The van der Waals surface area contributed by atoms with Crippen LogP contribution >= 0.6 is 11.3 Å². The second kappa shape index (κ2) is 6.70. The van der Waals surface area contributed by atoms with Crippen molar-refractivity contribution >= 4 is 22.9 Å². The van der Waals surface area contributed by atoms with Crippen LogP contribution in [0.15, 0.2) is 35.9 Å². The first-order valence-corrected chi connectivity index (χ1v) is 10.1. The molecule has 0 radical (unpaired) electrons. The third kappa shape index (κ3) is 3.50. The van der Waals surface area contributed by atoms with Crippen molar-refractivity contribution in [3.05, 3.63) is 63.0 Å². The fourth-order valence-electron chi connectivity index (χ4n) is 3.81. The lowest BCUT2D eigenvalue weighted by Crippen LogP contribution is -2.34. The van der Waals surface area contributed by atoms with Crippen molar-refractivity contribution in [2.45, 2.75) is 65.2 Å². The van der Waals surface area contributed by atoms with Gasteiger partial charge in [0.1, 0.15) is 4.88 Å². The zero-order valence-electron chi connectivity index (χ0n) is 16.6. The van der Waals surface area contributed by atoms with Crippen LogP contribution in [0.25, 0.3) is 5.57 Å². The maximum Gasteiger partial charge on any atom is 0.353 e. The molecule has 0 bridgehead atoms. The van der Waals surface area contributed by atoms with Gasteiger partial charge in [0.25, 0.3) is 0 Å². The molecule has 2 nitrogen and oxygen atoms in total. The number of esters is 1. The van der Waals surface area contributed by atoms with E-state index in [1.165, 1.54) is 40.9 Å². The Morgan fingerprint density at radius 2 is 1.73 bits per heavy atom. The van der Waals surface area contributed by atoms with Crippen molar-refractivity contribution in [3.8, 4) is 0 Å². The number of carbonyl (C=O) groups excluding carboxylic acids is 1. The third-order valence-electron chi connectivity index (χ3n) is 5.69. The number of ether oxygens (including phenoxy) is 1. The molecule has 2 aromatic rings. The quantitative estimate of drug-likeness (QED) is 0.449. The molecule has 0 unspecified atom stereocenters. The first-order chi connectivity index (χ1) is 12.1. The molecule has 26 heavy (non-hydrogen) atoms. The van der Waals surface area contributed by atoms with Gasteiger partial charge in [-0.15, -0.1) is 11.3 Å². The SMILES string of the molecule is CC(=COC(=O)c1cccs1)c1cc2c(cc1C)C(C)(C)CCC2(C)C. The highest BCUT2D eigenvalue weighted by Crippen LogP contribution is 2.47. The molecule has 0 N–H and O–H groups in total. The first kappa shape index (κ1) is 18.9. The number of thiophene rings is 1. The number of hydrogen-bond acceptors (Lipinski definition) is 3. The molecular formula is C23H28O2S. The van der Waals surface area contributed by atoms with Crippen LogP contribution in [-0.2, 0) is 15.6 Å². The minimum absolute atomic E-state index is 0.168. The summed E-state index contributed by atoms with van der Waals surface area (Å²) < 4.78 is 5.40. The van der Waals surface area contributed by atoms with Crippen LogP contribution < -0.4 is 0 Å². The average molecular weight is 369 g/mol. The van der Waals surface area contributed by atoms with Gasteiger partial charge in [0.15, 0.2) is 0 Å². The molecule has 0 spiro atoms. The highest BCUT2D eigenvalue weighted by Gasteiger charge is 2.37. The van der Waals surface area contributed by atoms with E-state index in [1.807, 2.05) is 18.4 Å². The highest BCUT2D eigenvalue weighted by molar-refractivity contribution is 7.11. The molecule has 0 saturated heterocycles. The van der Waals surface area contributed by atoms with E-state index < -0.39 is 0 Å². The number of rotatable bonds is 3. The van der Waals surface area contributed by atoms with Gasteiger partial charge < -0.3 is 4.74 Å². The molecule has 3 rings (SSSR count). The molecule has 0 fully saturated rings. The zero-order chi connectivity index (χ0) is 19.1. The second-order valence-electron chi connectivity index (χ2n) is 8.66. The molecule has 138 valence electrons. The maximum atomic E-state index is 12.1. The van der Waals surface area contributed by atoms with Crippen molar-refractivity contribution in [3.63, 3.8) is 0 Å². The number of carbonyl (C=O) groups is 1. The Labute approximate surface area is 160 Å². The van der Waals surface area contributed by atoms with Crippen LogP contribution in [0.1, 0.15) is 79.4 Å². The van der Waals surface area contributed by atoms with Gasteiger partial charge >= 0.3 is 5.97 Å². The molecule has 1 aliphatic carbocycles. The van der Waals surface area contributed by atoms with E-state index >= 15 is 0 Å². The Kier molecular flexibility index (Phi) is 4.87. The van der Waals surface area contributed by atoms with Gasteiger partial charge in [0.05, 0.1) is 6.26 Å². The number of benzene rings is 1. The Hall–Kier alpha value is -1.87. The predicted molar refractivity (Wildman–Crippen MR) is 110 cm³/mol. The molecule has 0 aliphatic heterocycles. The minimum atomic E-state index is -0.295. The Balaban J connectivity index is 1.95. The lowest BCUT2D eigenvalue weighted by molar-refractivity contribution is 0.0669. The lowest BCUT2D eigenvalue weighted by Gasteiger charge is -2.42. The van der Waals surface area contributed by atoms with Crippen LogP contribution in [0.2, 0.25) is 0 Å². The number of aryl methyl sites for hydroxylation is 1. The third-order valence-corrected chi connectivity index (χ3v) is 6.54. The van der Waals surface area contributed by atoms with Crippen molar-refractivity contribution in [2.24, 2.45) is 0 Å². The van der Waals surface area contributed by atoms with Gasteiger partial charge in [-0.2, -0.15) is 0 Å². The zero-order valence-corrected chi connectivity index (χ0v) is 17.4. The largest absolute Gasteiger partial charge is 0.430 e. The number of allylic oxidation sites excluding steroid dienone is 1. The van der Waals surface area contributed by atoms with E-state index in [-0.39, 0.29) is 16.8 Å². The summed E-state index contributed by atoms with van der Waals surface area (Å²) in [6, 6.07) is 8.29. The summed E-state index contributed by atoms with van der Waals surface area (Å²) in [5, 5.41) is 1.88. The Morgan fingerprint density at radius 3 is 2.31 bits per heavy atom. The lowest BCUT2D eigenvalue weighted by atomic mass is 9.62. The molecule has 0 amide bonds. The molecule has 1 aliphatic rings. The maximum absolute atomic E-state index is 12.1. The summed E-state index contributed by atoms with van der Waals surface area (Å²) in [5.74, 6) is -0.295. The standard InChI is InChI=1S/C23H28O2S/c1-15-12-18-19(23(5,6)10-9-22(18,3)4)13-17(15)16(2)14-25-21(24)20-8-7-11-26-20/h7-8,11-14H,9-10H2,1-6H3. The topological polar surface area (TPSA) is 26.3 Å². The van der Waals surface area contributed by atoms with Gasteiger partial charge in [-0.25, -0.2) is 4.79 Å². The van der Waals surface area contributed by atoms with Crippen molar-refractivity contribution in [1.82, 2.24) is 0 Å². The van der Waals surface area contributed by atoms with E-state index in [1.54, 1.807) is 12.3 Å². The van der Waals surface area contributed by atoms with Crippen molar-refractivity contribution in [2.75, 3.05) is 0 Å². The van der Waals surface area contributed by atoms with Crippen LogP contribution in [0.4, 0.5) is 0 Å². The summed E-state index contributed by atoms with van der Waals surface area (Å²) in [4.78, 5) is 12.7. The number of fused-ring (bicyclic) bond motifs is 1. The van der Waals surface area contributed by atoms with Crippen molar-refractivity contribution < 1.29 is 9.53 Å². The molecule has 1 aromatic heterocycles. The molecule has 0 saturated carbocycles. The van der Waals surface area contributed by atoms with Gasteiger partial charge in [0.2, 0.25) is 0 Å². The monoisotopic (exact) mass is 368 g/mol. The molecule has 0 atom stereocenters. The van der Waals surface area contributed by atoms with Gasteiger partial charge in [0, 0.05) is 0 Å². The smallest absolute Gasteiger partial charge is 0.353 e. The average Bonchev–Trinajstić information content (AvgIpc) is 3.11. The summed E-state index contributed by atoms with van der Waals surface area (Å²) in [5.41, 5.74) is 6.63. The molecule has 1 heterocycles. The summed E-state index contributed by atoms with van der Waals surface area (Å²) in [6.07, 6.45) is 3.99. The van der Waals surface area contributed by atoms with E-state index in [0.717, 1.165) is 11.1 Å². The minimum Gasteiger partial charge on any atom is -0.430 e.